The van der Waals surface area contributed by atoms with E-state index in [1.807, 2.05) is 23.9 Å². The average molecular weight is 341 g/mol. The van der Waals surface area contributed by atoms with Crippen molar-refractivity contribution in [1.29, 1.82) is 0 Å². The number of hydrogen-bond acceptors (Lipinski definition) is 3. The van der Waals surface area contributed by atoms with E-state index in [-0.39, 0.29) is 5.91 Å². The third kappa shape index (κ3) is 2.68. The van der Waals surface area contributed by atoms with Gasteiger partial charge in [0, 0.05) is 34.3 Å². The molecular weight excluding hydrogens is 324 g/mol. The summed E-state index contributed by atoms with van der Waals surface area (Å²) in [5.74, 6) is 1.14. The number of fused-ring (bicyclic) bond motifs is 1. The Morgan fingerprint density at radius 3 is 3.11 bits per heavy atom. The monoisotopic (exact) mass is 340 g/mol. The summed E-state index contributed by atoms with van der Waals surface area (Å²) in [7, 11) is 0. The molecule has 1 aliphatic heterocycles. The molecule has 102 valence electrons. The smallest absolute Gasteiger partial charge is 0.273 e. The van der Waals surface area contributed by atoms with Crippen molar-refractivity contribution in [3.8, 4) is 0 Å². The maximum Gasteiger partial charge on any atom is 0.273 e. The van der Waals surface area contributed by atoms with Gasteiger partial charge < -0.3 is 4.90 Å². The zero-order valence-electron chi connectivity index (χ0n) is 10.7. The number of nitrogens with zero attached hydrogens (tertiary/aromatic N) is 2. The molecule has 0 N–H and O–H groups in total. The van der Waals surface area contributed by atoms with Crippen LogP contribution in [-0.2, 0) is 0 Å². The van der Waals surface area contributed by atoms with Crippen LogP contribution in [0.2, 0.25) is 0 Å². The second kappa shape index (κ2) is 5.83. The number of aromatic nitrogens is 1. The number of amides is 1. The second-order valence-corrected chi connectivity index (χ2v) is 7.29. The Morgan fingerprint density at radius 2 is 2.26 bits per heavy atom. The first-order valence-corrected chi connectivity index (χ1v) is 8.64. The van der Waals surface area contributed by atoms with Crippen molar-refractivity contribution >= 4 is 33.6 Å². The highest BCUT2D eigenvalue weighted by Crippen LogP contribution is 2.36. The van der Waals surface area contributed by atoms with Crippen molar-refractivity contribution in [3.63, 3.8) is 0 Å². The van der Waals surface area contributed by atoms with Gasteiger partial charge in [-0.3, -0.25) is 4.79 Å². The van der Waals surface area contributed by atoms with E-state index in [0.29, 0.717) is 17.0 Å². The molecule has 1 aromatic rings. The van der Waals surface area contributed by atoms with Crippen molar-refractivity contribution in [2.75, 3.05) is 12.3 Å². The minimum atomic E-state index is 0.0877. The fraction of sp³-hybridized carbons (Fsp3) is 0.571. The van der Waals surface area contributed by atoms with Gasteiger partial charge in [-0.15, -0.1) is 0 Å². The summed E-state index contributed by atoms with van der Waals surface area (Å²) in [6.07, 6.45) is 6.64. The van der Waals surface area contributed by atoms with Gasteiger partial charge in [-0.25, -0.2) is 4.98 Å². The van der Waals surface area contributed by atoms with Gasteiger partial charge in [0.05, 0.1) is 0 Å². The molecule has 2 fully saturated rings. The van der Waals surface area contributed by atoms with E-state index in [0.717, 1.165) is 23.2 Å². The lowest BCUT2D eigenvalue weighted by atomic mass is 9.93. The zero-order valence-corrected chi connectivity index (χ0v) is 13.1. The van der Waals surface area contributed by atoms with E-state index < -0.39 is 0 Å². The highest BCUT2D eigenvalue weighted by Gasteiger charge is 2.37. The molecule has 3 rings (SSSR count). The van der Waals surface area contributed by atoms with Gasteiger partial charge in [-0.05, 0) is 40.9 Å². The minimum Gasteiger partial charge on any atom is -0.332 e. The van der Waals surface area contributed by atoms with E-state index in [2.05, 4.69) is 25.8 Å². The van der Waals surface area contributed by atoms with Crippen LogP contribution in [0, 0.1) is 0 Å². The molecule has 2 atom stereocenters. The number of halogens is 1. The highest BCUT2D eigenvalue weighted by molar-refractivity contribution is 9.10. The molecule has 19 heavy (non-hydrogen) atoms. The predicted molar refractivity (Wildman–Crippen MR) is 81.5 cm³/mol. The van der Waals surface area contributed by atoms with E-state index in [1.54, 1.807) is 6.20 Å². The molecule has 2 aliphatic rings. The summed E-state index contributed by atoms with van der Waals surface area (Å²) >= 11 is 5.48. The van der Waals surface area contributed by atoms with E-state index in [4.69, 9.17) is 0 Å². The molecular formula is C14H17BrN2OS. The van der Waals surface area contributed by atoms with Gasteiger partial charge >= 0.3 is 0 Å². The van der Waals surface area contributed by atoms with Crippen LogP contribution in [0.5, 0.6) is 0 Å². The molecule has 5 heteroatoms. The molecule has 0 spiro atoms. The molecule has 1 aliphatic carbocycles. The maximum atomic E-state index is 12.7. The van der Waals surface area contributed by atoms with Crippen LogP contribution in [0.25, 0.3) is 0 Å². The predicted octanol–water partition coefficient (Wildman–Crippen LogP) is 3.34. The SMILES string of the molecule is O=C(c1ncccc1Br)N1CCS[C@H]2CCCC[C@@H]21. The van der Waals surface area contributed by atoms with Crippen LogP contribution in [0.4, 0.5) is 0 Å². The fourth-order valence-electron chi connectivity index (χ4n) is 3.03. The third-order valence-corrected chi connectivity index (χ3v) is 5.99. The average Bonchev–Trinajstić information content (AvgIpc) is 2.46. The maximum absolute atomic E-state index is 12.7. The number of pyridine rings is 1. The first-order chi connectivity index (χ1) is 9.27. The van der Waals surface area contributed by atoms with Crippen LogP contribution >= 0.6 is 27.7 Å². The van der Waals surface area contributed by atoms with Crippen molar-refractivity contribution < 1.29 is 4.79 Å². The molecule has 1 aromatic heterocycles. The van der Waals surface area contributed by atoms with Crippen LogP contribution < -0.4 is 0 Å². The minimum absolute atomic E-state index is 0.0877. The van der Waals surface area contributed by atoms with Crippen molar-refractivity contribution in [3.05, 3.63) is 28.5 Å². The van der Waals surface area contributed by atoms with Crippen molar-refractivity contribution in [2.45, 2.75) is 37.0 Å². The first-order valence-electron chi connectivity index (χ1n) is 6.80. The second-order valence-electron chi connectivity index (χ2n) is 5.09. The molecule has 3 nitrogen and oxygen atoms in total. The van der Waals surface area contributed by atoms with Gasteiger partial charge in [-0.1, -0.05) is 12.8 Å². The molecule has 1 amide bonds. The number of thioether (sulfide) groups is 1. The number of carbonyl (C=O) groups excluding carboxylic acids is 1. The molecule has 1 saturated heterocycles. The van der Waals surface area contributed by atoms with Crippen molar-refractivity contribution in [2.24, 2.45) is 0 Å². The first kappa shape index (κ1) is 13.4. The molecule has 1 saturated carbocycles. The van der Waals surface area contributed by atoms with Gasteiger partial charge in [-0.2, -0.15) is 11.8 Å². The summed E-state index contributed by atoms with van der Waals surface area (Å²) in [4.78, 5) is 19.0. The van der Waals surface area contributed by atoms with Gasteiger partial charge in [0.2, 0.25) is 0 Å². The highest BCUT2D eigenvalue weighted by atomic mass is 79.9. The van der Waals surface area contributed by atoms with E-state index in [1.165, 1.54) is 19.3 Å². The Morgan fingerprint density at radius 1 is 1.42 bits per heavy atom. The summed E-state index contributed by atoms with van der Waals surface area (Å²) in [5.41, 5.74) is 0.554. The van der Waals surface area contributed by atoms with Crippen LogP contribution in [0.1, 0.15) is 36.2 Å². The Hall–Kier alpha value is -0.550. The summed E-state index contributed by atoms with van der Waals surface area (Å²) in [6, 6.07) is 4.14. The number of rotatable bonds is 1. The quantitative estimate of drug-likeness (QED) is 0.785. The van der Waals surface area contributed by atoms with Crippen molar-refractivity contribution in [1.82, 2.24) is 9.88 Å². The van der Waals surface area contributed by atoms with Crippen LogP contribution in [-0.4, -0.2) is 39.4 Å². The van der Waals surface area contributed by atoms with Crippen LogP contribution in [0.15, 0.2) is 22.8 Å². The lowest BCUT2D eigenvalue weighted by Gasteiger charge is -2.43. The van der Waals surface area contributed by atoms with Crippen LogP contribution in [0.3, 0.4) is 0 Å². The molecule has 0 unspecified atom stereocenters. The van der Waals surface area contributed by atoms with Gasteiger partial charge in [0.1, 0.15) is 5.69 Å². The topological polar surface area (TPSA) is 33.2 Å². The lowest BCUT2D eigenvalue weighted by Crippen LogP contribution is -2.51. The molecule has 2 heterocycles. The standard InChI is InChI=1S/C14H17BrN2OS/c15-10-4-3-7-16-13(10)14(18)17-8-9-19-12-6-2-1-5-11(12)17/h3-4,7,11-12H,1-2,5-6,8-9H2/t11-,12-/m0/s1. The van der Waals surface area contributed by atoms with E-state index >= 15 is 0 Å². The molecule has 0 bridgehead atoms. The Labute approximate surface area is 126 Å². The van der Waals surface area contributed by atoms with Gasteiger partial charge in [0.25, 0.3) is 5.91 Å². The Balaban J connectivity index is 1.84. The molecule has 0 radical (unpaired) electrons. The van der Waals surface area contributed by atoms with E-state index in [9.17, 15) is 4.79 Å². The summed E-state index contributed by atoms with van der Waals surface area (Å²) < 4.78 is 0.797. The number of carbonyl (C=O) groups is 1. The molecule has 0 aromatic carbocycles. The zero-order chi connectivity index (χ0) is 13.2. The Bertz CT molecular complexity index is 480. The fourth-order valence-corrected chi connectivity index (χ4v) is 4.90. The lowest BCUT2D eigenvalue weighted by molar-refractivity contribution is 0.0639. The third-order valence-electron chi connectivity index (χ3n) is 3.95. The summed E-state index contributed by atoms with van der Waals surface area (Å²) in [5, 5.41) is 0.633. The largest absolute Gasteiger partial charge is 0.332 e. The Kier molecular flexibility index (Phi) is 4.12. The van der Waals surface area contributed by atoms with Gasteiger partial charge in [0.15, 0.2) is 0 Å². The summed E-state index contributed by atoms with van der Waals surface area (Å²) in [6.45, 7) is 0.855. The normalized spacial score (nSPS) is 26.9. The number of hydrogen-bond donors (Lipinski definition) is 0.